The zero-order valence-corrected chi connectivity index (χ0v) is 14.8. The summed E-state index contributed by atoms with van der Waals surface area (Å²) in [5, 5.41) is 5.13. The molecule has 1 aromatic carbocycles. The van der Waals surface area contributed by atoms with E-state index in [1.807, 2.05) is 24.0 Å². The average Bonchev–Trinajstić information content (AvgIpc) is 2.51. The van der Waals surface area contributed by atoms with Crippen molar-refractivity contribution in [2.45, 2.75) is 36.6 Å². The Hall–Kier alpha value is -0.840. The molecule has 0 aliphatic rings. The van der Waals surface area contributed by atoms with Crippen LogP contribution in [0.4, 0.5) is 0 Å². The van der Waals surface area contributed by atoms with Gasteiger partial charge in [0, 0.05) is 22.0 Å². The maximum absolute atomic E-state index is 4.46. The first kappa shape index (κ1) is 16.5. The summed E-state index contributed by atoms with van der Waals surface area (Å²) in [4.78, 5) is 4.46. The maximum atomic E-state index is 4.46. The molecule has 0 radical (unpaired) electrons. The third-order valence-corrected chi connectivity index (χ3v) is 4.85. The molecule has 0 amide bonds. The van der Waals surface area contributed by atoms with Gasteiger partial charge < -0.3 is 5.32 Å². The Bertz CT molecular complexity index is 530. The van der Waals surface area contributed by atoms with Gasteiger partial charge in [-0.25, -0.2) is 4.98 Å². The molecule has 0 saturated carbocycles. The lowest BCUT2D eigenvalue weighted by Crippen LogP contribution is -2.29. The van der Waals surface area contributed by atoms with Gasteiger partial charge in [-0.05, 0) is 46.6 Å². The summed E-state index contributed by atoms with van der Waals surface area (Å²) in [6.45, 7) is 5.48. The number of benzene rings is 1. The zero-order valence-electron chi connectivity index (χ0n) is 12.4. The van der Waals surface area contributed by atoms with Gasteiger partial charge >= 0.3 is 0 Å². The first-order valence-corrected chi connectivity index (χ1v) is 8.94. The molecule has 2 rings (SSSR count). The molecule has 21 heavy (non-hydrogen) atoms. The fourth-order valence-electron chi connectivity index (χ4n) is 2.21. The molecule has 2 nitrogen and oxygen atoms in total. The highest BCUT2D eigenvalue weighted by molar-refractivity contribution is 9.10. The van der Waals surface area contributed by atoms with E-state index in [1.54, 1.807) is 0 Å². The van der Waals surface area contributed by atoms with E-state index in [-0.39, 0.29) is 0 Å². The topological polar surface area (TPSA) is 24.9 Å². The van der Waals surface area contributed by atoms with Crippen molar-refractivity contribution in [2.24, 2.45) is 0 Å². The Morgan fingerprint density at radius 3 is 2.57 bits per heavy atom. The molecule has 0 saturated heterocycles. The highest BCUT2D eigenvalue weighted by Crippen LogP contribution is 2.31. The standard InChI is InChI=1S/C17H21BrN2S/c1-3-11-19-17(14-7-5-4-6-8-14)13(2)21-16-10-9-15(18)12-20-16/h4-10,12-13,17,19H,3,11H2,1-2H3. The Morgan fingerprint density at radius 1 is 1.19 bits per heavy atom. The number of nitrogens with one attached hydrogen (secondary N) is 1. The summed E-state index contributed by atoms with van der Waals surface area (Å²) >= 11 is 5.24. The minimum absolute atomic E-state index is 0.335. The van der Waals surface area contributed by atoms with E-state index in [9.17, 15) is 0 Å². The maximum Gasteiger partial charge on any atom is 0.0963 e. The van der Waals surface area contributed by atoms with Crippen LogP contribution < -0.4 is 5.32 Å². The summed E-state index contributed by atoms with van der Waals surface area (Å²) < 4.78 is 1.02. The van der Waals surface area contributed by atoms with Gasteiger partial charge in [0.25, 0.3) is 0 Å². The number of halogens is 1. The van der Waals surface area contributed by atoms with Gasteiger partial charge in [-0.2, -0.15) is 0 Å². The SMILES string of the molecule is CCCNC(c1ccccc1)C(C)Sc1ccc(Br)cn1. The quantitative estimate of drug-likeness (QED) is 0.694. The second-order valence-electron chi connectivity index (χ2n) is 4.98. The molecule has 0 bridgehead atoms. The van der Waals surface area contributed by atoms with Crippen molar-refractivity contribution in [1.82, 2.24) is 10.3 Å². The van der Waals surface area contributed by atoms with E-state index in [0.29, 0.717) is 11.3 Å². The van der Waals surface area contributed by atoms with E-state index >= 15 is 0 Å². The summed E-state index contributed by atoms with van der Waals surface area (Å²) in [7, 11) is 0. The summed E-state index contributed by atoms with van der Waals surface area (Å²) in [6.07, 6.45) is 2.99. The Balaban J connectivity index is 2.10. The monoisotopic (exact) mass is 364 g/mol. The Labute approximate surface area is 139 Å². The average molecular weight is 365 g/mol. The third-order valence-electron chi connectivity index (χ3n) is 3.25. The summed E-state index contributed by atoms with van der Waals surface area (Å²) in [5.41, 5.74) is 1.34. The van der Waals surface area contributed by atoms with Gasteiger partial charge in [0.2, 0.25) is 0 Å². The lowest BCUT2D eigenvalue weighted by Gasteiger charge is -2.25. The van der Waals surface area contributed by atoms with Gasteiger partial charge in [-0.15, -0.1) is 11.8 Å². The molecule has 112 valence electrons. The predicted octanol–water partition coefficient (Wildman–Crippen LogP) is 5.07. The first-order chi connectivity index (χ1) is 10.2. The number of rotatable bonds is 7. The number of pyridine rings is 1. The number of nitrogens with zero attached hydrogens (tertiary/aromatic N) is 1. The fraction of sp³-hybridized carbons (Fsp3) is 0.353. The molecule has 2 aromatic rings. The molecule has 4 heteroatoms. The van der Waals surface area contributed by atoms with Crippen molar-refractivity contribution in [3.05, 3.63) is 58.7 Å². The van der Waals surface area contributed by atoms with Crippen molar-refractivity contribution in [1.29, 1.82) is 0 Å². The predicted molar refractivity (Wildman–Crippen MR) is 94.7 cm³/mol. The highest BCUT2D eigenvalue weighted by atomic mass is 79.9. The molecule has 0 spiro atoms. The number of hydrogen-bond donors (Lipinski definition) is 1. The molecule has 0 fully saturated rings. The molecule has 1 heterocycles. The number of aromatic nitrogens is 1. The molecule has 0 aliphatic heterocycles. The van der Waals surface area contributed by atoms with Gasteiger partial charge in [0.15, 0.2) is 0 Å². The zero-order chi connectivity index (χ0) is 15.1. The number of thioether (sulfide) groups is 1. The second-order valence-corrected chi connectivity index (χ2v) is 7.29. The van der Waals surface area contributed by atoms with Crippen LogP contribution in [0.25, 0.3) is 0 Å². The first-order valence-electron chi connectivity index (χ1n) is 7.27. The Kier molecular flexibility index (Phi) is 6.74. The van der Waals surface area contributed by atoms with Crippen molar-refractivity contribution < 1.29 is 0 Å². The van der Waals surface area contributed by atoms with Gasteiger partial charge in [-0.1, -0.05) is 44.2 Å². The van der Waals surface area contributed by atoms with E-state index in [4.69, 9.17) is 0 Å². The molecule has 0 aliphatic carbocycles. The van der Waals surface area contributed by atoms with Crippen LogP contribution in [0.5, 0.6) is 0 Å². The van der Waals surface area contributed by atoms with Gasteiger partial charge in [-0.3, -0.25) is 0 Å². The van der Waals surface area contributed by atoms with Crippen molar-refractivity contribution in [3.8, 4) is 0 Å². The van der Waals surface area contributed by atoms with Crippen LogP contribution in [0.1, 0.15) is 31.9 Å². The molecule has 2 unspecified atom stereocenters. The lowest BCUT2D eigenvalue weighted by molar-refractivity contribution is 0.527. The van der Waals surface area contributed by atoms with E-state index in [1.165, 1.54) is 5.56 Å². The fourth-order valence-corrected chi connectivity index (χ4v) is 3.47. The summed E-state index contributed by atoms with van der Waals surface area (Å²) in [5.74, 6) is 0. The lowest BCUT2D eigenvalue weighted by atomic mass is 10.0. The van der Waals surface area contributed by atoms with E-state index in [0.717, 1.165) is 22.5 Å². The smallest absolute Gasteiger partial charge is 0.0963 e. The molecular formula is C17H21BrN2S. The van der Waals surface area contributed by atoms with Crippen LogP contribution in [0.2, 0.25) is 0 Å². The third kappa shape index (κ3) is 5.13. The minimum atomic E-state index is 0.335. The van der Waals surface area contributed by atoms with Crippen LogP contribution in [-0.2, 0) is 0 Å². The molecule has 2 atom stereocenters. The largest absolute Gasteiger partial charge is 0.309 e. The summed E-state index contributed by atoms with van der Waals surface area (Å²) in [6, 6.07) is 15.1. The number of hydrogen-bond acceptors (Lipinski definition) is 3. The molecular weight excluding hydrogens is 344 g/mol. The minimum Gasteiger partial charge on any atom is -0.309 e. The van der Waals surface area contributed by atoms with Crippen molar-refractivity contribution in [3.63, 3.8) is 0 Å². The highest BCUT2D eigenvalue weighted by Gasteiger charge is 2.19. The van der Waals surface area contributed by atoms with Gasteiger partial charge in [0.1, 0.15) is 0 Å². The Morgan fingerprint density at radius 2 is 1.95 bits per heavy atom. The normalized spacial score (nSPS) is 13.9. The van der Waals surface area contributed by atoms with Crippen molar-refractivity contribution >= 4 is 27.7 Å². The van der Waals surface area contributed by atoms with Crippen molar-refractivity contribution in [2.75, 3.05) is 6.54 Å². The molecule has 1 aromatic heterocycles. The van der Waals surface area contributed by atoms with Crippen LogP contribution in [0, 0.1) is 0 Å². The van der Waals surface area contributed by atoms with E-state index in [2.05, 4.69) is 76.5 Å². The van der Waals surface area contributed by atoms with Crippen LogP contribution in [0.3, 0.4) is 0 Å². The second kappa shape index (κ2) is 8.57. The van der Waals surface area contributed by atoms with Gasteiger partial charge in [0.05, 0.1) is 5.03 Å². The van der Waals surface area contributed by atoms with E-state index < -0.39 is 0 Å². The molecule has 1 N–H and O–H groups in total. The van der Waals surface area contributed by atoms with Crippen LogP contribution >= 0.6 is 27.7 Å². The van der Waals surface area contributed by atoms with Crippen LogP contribution in [0.15, 0.2) is 58.2 Å². The van der Waals surface area contributed by atoms with Crippen LogP contribution in [-0.4, -0.2) is 16.8 Å².